The lowest BCUT2D eigenvalue weighted by molar-refractivity contribution is 0.100. The first kappa shape index (κ1) is 11.1. The zero-order chi connectivity index (χ0) is 12.3. The number of nitrogens with two attached hydrogens (primary N) is 1. The highest BCUT2D eigenvalue weighted by atomic mass is 16.5. The molecule has 86 valence electrons. The molecule has 0 radical (unpaired) electrons. The summed E-state index contributed by atoms with van der Waals surface area (Å²) >= 11 is 0. The predicted octanol–water partition coefficient (Wildman–Crippen LogP) is 1.25. The van der Waals surface area contributed by atoms with Crippen molar-refractivity contribution < 1.29 is 9.53 Å². The zero-order valence-electron chi connectivity index (χ0n) is 9.25. The number of hydrogen-bond acceptors (Lipinski definition) is 4. The molecule has 2 aromatic heterocycles. The zero-order valence-corrected chi connectivity index (χ0v) is 9.25. The average Bonchev–Trinajstić information content (AvgIpc) is 2.38. The lowest BCUT2D eigenvalue weighted by Gasteiger charge is -2.09. The number of primary amides is 1. The first-order valence-corrected chi connectivity index (χ1v) is 4.97. The predicted molar refractivity (Wildman–Crippen MR) is 62.5 cm³/mol. The molecule has 0 atom stereocenters. The van der Waals surface area contributed by atoms with Gasteiger partial charge in [0.15, 0.2) is 0 Å². The highest BCUT2D eigenvalue weighted by Gasteiger charge is 2.13. The number of nitrogens with zero attached hydrogens (tertiary/aromatic N) is 2. The van der Waals surface area contributed by atoms with Crippen LogP contribution in [0.4, 0.5) is 0 Å². The van der Waals surface area contributed by atoms with Crippen LogP contribution in [0.2, 0.25) is 0 Å². The third kappa shape index (κ3) is 2.08. The summed E-state index contributed by atoms with van der Waals surface area (Å²) in [6, 6.07) is 5.29. The minimum Gasteiger partial charge on any atom is -0.481 e. The van der Waals surface area contributed by atoms with Crippen LogP contribution < -0.4 is 10.5 Å². The van der Waals surface area contributed by atoms with E-state index in [9.17, 15) is 4.79 Å². The summed E-state index contributed by atoms with van der Waals surface area (Å²) in [6.07, 6.45) is 4.64. The second kappa shape index (κ2) is 4.61. The van der Waals surface area contributed by atoms with Gasteiger partial charge in [0.2, 0.25) is 5.88 Å². The molecule has 0 aliphatic carbocycles. The third-order valence-electron chi connectivity index (χ3n) is 2.34. The molecule has 0 unspecified atom stereocenters. The fraction of sp³-hybridized carbons (Fsp3) is 0.0833. The Morgan fingerprint density at radius 3 is 2.82 bits per heavy atom. The van der Waals surface area contributed by atoms with Gasteiger partial charge in [0, 0.05) is 29.7 Å². The van der Waals surface area contributed by atoms with Crippen molar-refractivity contribution in [2.45, 2.75) is 0 Å². The van der Waals surface area contributed by atoms with Crippen molar-refractivity contribution in [3.63, 3.8) is 0 Å². The molecule has 5 nitrogen and oxygen atoms in total. The molecule has 0 aliphatic heterocycles. The number of aromatic nitrogens is 2. The van der Waals surface area contributed by atoms with Crippen molar-refractivity contribution in [1.82, 2.24) is 9.97 Å². The van der Waals surface area contributed by atoms with Gasteiger partial charge in [0.25, 0.3) is 5.91 Å². The van der Waals surface area contributed by atoms with Crippen LogP contribution in [0.3, 0.4) is 0 Å². The number of ether oxygens (including phenoxy) is 1. The third-order valence-corrected chi connectivity index (χ3v) is 2.34. The minimum atomic E-state index is -0.529. The quantitative estimate of drug-likeness (QED) is 0.859. The van der Waals surface area contributed by atoms with Crippen molar-refractivity contribution >= 4 is 5.91 Å². The van der Waals surface area contributed by atoms with Gasteiger partial charge in [-0.1, -0.05) is 0 Å². The molecule has 17 heavy (non-hydrogen) atoms. The Kier molecular flexibility index (Phi) is 3.00. The summed E-state index contributed by atoms with van der Waals surface area (Å²) in [6.45, 7) is 0. The number of carbonyl (C=O) groups is 1. The summed E-state index contributed by atoms with van der Waals surface area (Å²) < 4.78 is 5.15. The first-order valence-electron chi connectivity index (χ1n) is 4.97. The van der Waals surface area contributed by atoms with E-state index in [0.29, 0.717) is 22.6 Å². The largest absolute Gasteiger partial charge is 0.481 e. The second-order valence-electron chi connectivity index (χ2n) is 3.35. The summed E-state index contributed by atoms with van der Waals surface area (Å²) in [5.41, 5.74) is 7.03. The first-order chi connectivity index (χ1) is 8.24. The molecule has 2 heterocycles. The Morgan fingerprint density at radius 2 is 2.12 bits per heavy atom. The Bertz CT molecular complexity index is 555. The van der Waals surface area contributed by atoms with Gasteiger partial charge in [-0.15, -0.1) is 0 Å². The highest BCUT2D eigenvalue weighted by molar-refractivity contribution is 5.99. The fourth-order valence-electron chi connectivity index (χ4n) is 1.58. The number of hydrogen-bond donors (Lipinski definition) is 1. The molecular formula is C12H11N3O2. The van der Waals surface area contributed by atoms with E-state index in [-0.39, 0.29) is 0 Å². The second-order valence-corrected chi connectivity index (χ2v) is 3.35. The van der Waals surface area contributed by atoms with Crippen LogP contribution >= 0.6 is 0 Å². The molecule has 2 aromatic rings. The van der Waals surface area contributed by atoms with Crippen molar-refractivity contribution in [1.29, 1.82) is 0 Å². The van der Waals surface area contributed by atoms with E-state index in [1.165, 1.54) is 13.3 Å². The Hall–Kier alpha value is -2.43. The number of amides is 1. The average molecular weight is 229 g/mol. The van der Waals surface area contributed by atoms with Gasteiger partial charge in [-0.05, 0) is 18.2 Å². The van der Waals surface area contributed by atoms with Crippen molar-refractivity contribution in [3.05, 3.63) is 42.4 Å². The monoisotopic (exact) mass is 229 g/mol. The Labute approximate surface area is 98.3 Å². The maximum absolute atomic E-state index is 11.3. The van der Waals surface area contributed by atoms with E-state index >= 15 is 0 Å². The van der Waals surface area contributed by atoms with E-state index in [1.807, 2.05) is 6.07 Å². The van der Waals surface area contributed by atoms with Crippen LogP contribution in [0.5, 0.6) is 5.88 Å². The van der Waals surface area contributed by atoms with E-state index in [2.05, 4.69) is 9.97 Å². The fourth-order valence-corrected chi connectivity index (χ4v) is 1.58. The van der Waals surface area contributed by atoms with E-state index < -0.39 is 5.91 Å². The molecule has 0 aromatic carbocycles. The van der Waals surface area contributed by atoms with E-state index in [1.54, 1.807) is 24.5 Å². The Balaban J connectivity index is 2.64. The Morgan fingerprint density at radius 1 is 1.29 bits per heavy atom. The maximum atomic E-state index is 11.3. The topological polar surface area (TPSA) is 78.1 Å². The summed E-state index contributed by atoms with van der Waals surface area (Å²) in [7, 11) is 1.52. The van der Waals surface area contributed by atoms with Gasteiger partial charge >= 0.3 is 0 Å². The summed E-state index contributed by atoms with van der Waals surface area (Å²) in [5.74, 6) is -0.0831. The molecule has 0 saturated heterocycles. The minimum absolute atomic E-state index is 0.346. The number of rotatable bonds is 3. The molecule has 5 heteroatoms. The van der Waals surface area contributed by atoms with Gasteiger partial charge in [-0.2, -0.15) is 0 Å². The standard InChI is InChI=1S/C12H11N3O2/c1-17-12-9(3-2-5-15-12)8-4-6-14-7-10(8)11(13)16/h2-7H,1H3,(H2,13,16). The van der Waals surface area contributed by atoms with E-state index in [0.717, 1.165) is 0 Å². The molecule has 2 N–H and O–H groups in total. The van der Waals surface area contributed by atoms with Crippen LogP contribution in [0.25, 0.3) is 11.1 Å². The molecule has 0 spiro atoms. The summed E-state index contributed by atoms with van der Waals surface area (Å²) in [4.78, 5) is 19.3. The van der Waals surface area contributed by atoms with Crippen LogP contribution in [0, 0.1) is 0 Å². The molecular weight excluding hydrogens is 218 g/mol. The SMILES string of the molecule is COc1ncccc1-c1ccncc1C(N)=O. The molecule has 0 fully saturated rings. The normalized spacial score (nSPS) is 9.94. The molecule has 0 aliphatic rings. The number of methoxy groups -OCH3 is 1. The lowest BCUT2D eigenvalue weighted by atomic mass is 10.0. The molecule has 0 bridgehead atoms. The van der Waals surface area contributed by atoms with Crippen molar-refractivity contribution in [2.24, 2.45) is 5.73 Å². The number of pyridine rings is 2. The molecule has 1 amide bonds. The van der Waals surface area contributed by atoms with E-state index in [4.69, 9.17) is 10.5 Å². The van der Waals surface area contributed by atoms with Gasteiger partial charge in [-0.25, -0.2) is 4.98 Å². The molecule has 0 saturated carbocycles. The number of carbonyl (C=O) groups excluding carboxylic acids is 1. The maximum Gasteiger partial charge on any atom is 0.250 e. The smallest absolute Gasteiger partial charge is 0.250 e. The van der Waals surface area contributed by atoms with Crippen molar-refractivity contribution in [2.75, 3.05) is 7.11 Å². The van der Waals surface area contributed by atoms with Crippen molar-refractivity contribution in [3.8, 4) is 17.0 Å². The van der Waals surface area contributed by atoms with Crippen LogP contribution in [-0.4, -0.2) is 23.0 Å². The van der Waals surface area contributed by atoms with Crippen LogP contribution in [0.1, 0.15) is 10.4 Å². The summed E-state index contributed by atoms with van der Waals surface area (Å²) in [5, 5.41) is 0. The van der Waals surface area contributed by atoms with Gasteiger partial charge in [0.1, 0.15) is 0 Å². The van der Waals surface area contributed by atoms with Gasteiger partial charge in [-0.3, -0.25) is 9.78 Å². The molecule has 2 rings (SSSR count). The van der Waals surface area contributed by atoms with Gasteiger partial charge < -0.3 is 10.5 Å². The van der Waals surface area contributed by atoms with Gasteiger partial charge in [0.05, 0.1) is 12.7 Å². The highest BCUT2D eigenvalue weighted by Crippen LogP contribution is 2.29. The van der Waals surface area contributed by atoms with Crippen LogP contribution in [-0.2, 0) is 0 Å². The lowest BCUT2D eigenvalue weighted by Crippen LogP contribution is -2.13. The van der Waals surface area contributed by atoms with Crippen LogP contribution in [0.15, 0.2) is 36.8 Å².